The van der Waals surface area contributed by atoms with Gasteiger partial charge in [0.2, 0.25) is 0 Å². The average molecular weight is 749 g/mol. The molecule has 2 fully saturated rings. The first kappa shape index (κ1) is 57.0. The van der Waals surface area contributed by atoms with Gasteiger partial charge in [-0.15, -0.1) is 0 Å². The largest absolute Gasteiger partial charge is 0.480 e. The summed E-state index contributed by atoms with van der Waals surface area (Å²) >= 11 is 0. The Bertz CT molecular complexity index is 994. The number of nitrogens with zero attached hydrogens (tertiary/aromatic N) is 4. The maximum absolute atomic E-state index is 10.8. The molecule has 1 aromatic carbocycles. The SMILES string of the molecule is C/C=C\C.C=Nc1cc(N2CCNCC2)ccc1NCC1CCN(CC(=O)O)CC1.CC.CC.CC(C)C.CCCC.CCN(C)CCC(C)C(C)=O. The molecule has 2 heterocycles. The summed E-state index contributed by atoms with van der Waals surface area (Å²) in [4.78, 5) is 32.4. The molecular weight excluding hydrogens is 661 g/mol. The number of carboxylic acids is 1. The molecule has 2 aliphatic rings. The molecule has 1 unspecified atom stereocenters. The molecule has 2 saturated heterocycles. The fourth-order valence-electron chi connectivity index (χ4n) is 4.49. The third kappa shape index (κ3) is 34.8. The van der Waals surface area contributed by atoms with Crippen molar-refractivity contribution in [3.63, 3.8) is 0 Å². The molecule has 1 atom stereocenters. The van der Waals surface area contributed by atoms with E-state index in [9.17, 15) is 9.59 Å². The second-order valence-corrected chi connectivity index (χ2v) is 13.7. The highest BCUT2D eigenvalue weighted by Crippen LogP contribution is 2.31. The van der Waals surface area contributed by atoms with E-state index in [1.807, 2.05) is 65.5 Å². The van der Waals surface area contributed by atoms with Crippen molar-refractivity contribution in [2.75, 3.05) is 82.7 Å². The first-order valence-corrected chi connectivity index (χ1v) is 20.8. The summed E-state index contributed by atoms with van der Waals surface area (Å²) in [5.41, 5.74) is 3.11. The van der Waals surface area contributed by atoms with Crippen LogP contribution in [0.5, 0.6) is 0 Å². The zero-order valence-electron chi connectivity index (χ0n) is 37.5. The number of benzene rings is 1. The van der Waals surface area contributed by atoms with E-state index >= 15 is 0 Å². The van der Waals surface area contributed by atoms with Crippen LogP contribution in [0.2, 0.25) is 0 Å². The van der Waals surface area contributed by atoms with Gasteiger partial charge in [0.15, 0.2) is 0 Å². The summed E-state index contributed by atoms with van der Waals surface area (Å²) in [5, 5.41) is 15.8. The van der Waals surface area contributed by atoms with Gasteiger partial charge in [-0.3, -0.25) is 19.5 Å². The molecule has 0 aromatic heterocycles. The molecule has 0 saturated carbocycles. The fourth-order valence-corrected chi connectivity index (χ4v) is 4.49. The maximum Gasteiger partial charge on any atom is 0.317 e. The van der Waals surface area contributed by atoms with Gasteiger partial charge in [-0.1, -0.05) is 101 Å². The van der Waals surface area contributed by atoms with Crippen molar-refractivity contribution in [1.82, 2.24) is 15.1 Å². The lowest BCUT2D eigenvalue weighted by molar-refractivity contribution is -0.138. The summed E-state index contributed by atoms with van der Waals surface area (Å²) in [7, 11) is 2.08. The Kier molecular flexibility index (Phi) is 43.5. The van der Waals surface area contributed by atoms with Crippen molar-refractivity contribution in [3.8, 4) is 0 Å². The van der Waals surface area contributed by atoms with E-state index in [0.29, 0.717) is 11.7 Å². The second kappa shape index (κ2) is 40.4. The number of hydrogen-bond donors (Lipinski definition) is 3. The van der Waals surface area contributed by atoms with Crippen LogP contribution in [0, 0.1) is 17.8 Å². The van der Waals surface area contributed by atoms with Crippen LogP contribution >= 0.6 is 0 Å². The van der Waals surface area contributed by atoms with Crippen LogP contribution in [0.4, 0.5) is 17.1 Å². The minimum Gasteiger partial charge on any atom is -0.480 e. The molecule has 53 heavy (non-hydrogen) atoms. The summed E-state index contributed by atoms with van der Waals surface area (Å²) < 4.78 is 0. The molecule has 0 radical (unpaired) electrons. The molecule has 0 amide bonds. The number of Topliss-reactive ketones (excluding diaryl/α,β-unsaturated/α-hetero) is 1. The number of piperidine rings is 1. The monoisotopic (exact) mass is 749 g/mol. The lowest BCUT2D eigenvalue weighted by Crippen LogP contribution is -2.43. The molecular formula is C44H88N6O3. The molecule has 2 aliphatic heterocycles. The fraction of sp³-hybridized carbons (Fsp3) is 0.750. The molecule has 1 aromatic rings. The van der Waals surface area contributed by atoms with Gasteiger partial charge < -0.3 is 25.5 Å². The third-order valence-corrected chi connectivity index (χ3v) is 8.29. The third-order valence-electron chi connectivity index (χ3n) is 8.29. The number of rotatable bonds is 13. The molecule has 0 aliphatic carbocycles. The summed E-state index contributed by atoms with van der Waals surface area (Å²) in [6.07, 6.45) is 9.67. The van der Waals surface area contributed by atoms with Crippen molar-refractivity contribution in [2.24, 2.45) is 22.7 Å². The number of likely N-dealkylation sites (tertiary alicyclic amines) is 1. The summed E-state index contributed by atoms with van der Waals surface area (Å²) in [5.74, 6) is 1.18. The number of carboxylic acid groups (broad SMARTS) is 1. The van der Waals surface area contributed by atoms with E-state index in [2.05, 4.69) is 98.9 Å². The van der Waals surface area contributed by atoms with Crippen molar-refractivity contribution >= 4 is 35.5 Å². The van der Waals surface area contributed by atoms with Gasteiger partial charge in [-0.2, -0.15) is 0 Å². The van der Waals surface area contributed by atoms with Crippen LogP contribution in [0.25, 0.3) is 0 Å². The number of allylic oxidation sites excluding steroid dienone is 2. The average Bonchev–Trinajstić information content (AvgIpc) is 3.18. The minimum atomic E-state index is -0.743. The van der Waals surface area contributed by atoms with E-state index in [1.165, 1.54) is 18.5 Å². The molecule has 312 valence electrons. The highest BCUT2D eigenvalue weighted by molar-refractivity contribution is 5.77. The van der Waals surface area contributed by atoms with Crippen molar-refractivity contribution in [2.45, 2.75) is 129 Å². The molecule has 3 N–H and O–H groups in total. The lowest BCUT2D eigenvalue weighted by Gasteiger charge is -2.31. The van der Waals surface area contributed by atoms with Gasteiger partial charge in [0.1, 0.15) is 5.78 Å². The van der Waals surface area contributed by atoms with E-state index in [0.717, 1.165) is 95.5 Å². The first-order chi connectivity index (χ1) is 25.3. The predicted molar refractivity (Wildman–Crippen MR) is 238 cm³/mol. The first-order valence-electron chi connectivity index (χ1n) is 20.8. The number of carbonyl (C=O) groups is 2. The van der Waals surface area contributed by atoms with Gasteiger partial charge in [0.25, 0.3) is 0 Å². The minimum absolute atomic E-state index is 0.151. The number of aliphatic imine (C=N–C) groups is 1. The molecule has 3 rings (SSSR count). The number of piperazine rings is 1. The summed E-state index contributed by atoms with van der Waals surface area (Å²) in [6, 6.07) is 6.36. The number of carbonyl (C=O) groups excluding carboxylic acids is 1. The summed E-state index contributed by atoms with van der Waals surface area (Å²) in [6.45, 7) is 41.2. The van der Waals surface area contributed by atoms with Crippen LogP contribution in [0.15, 0.2) is 35.3 Å². The van der Waals surface area contributed by atoms with Crippen LogP contribution < -0.4 is 15.5 Å². The van der Waals surface area contributed by atoms with Crippen LogP contribution in [-0.4, -0.2) is 106 Å². The Morgan fingerprint density at radius 1 is 0.981 bits per heavy atom. The topological polar surface area (TPSA) is 101 Å². The van der Waals surface area contributed by atoms with Gasteiger partial charge >= 0.3 is 5.97 Å². The Morgan fingerprint density at radius 3 is 1.89 bits per heavy atom. The zero-order valence-corrected chi connectivity index (χ0v) is 37.5. The zero-order chi connectivity index (χ0) is 41.6. The van der Waals surface area contributed by atoms with Gasteiger partial charge in [-0.25, -0.2) is 0 Å². The van der Waals surface area contributed by atoms with E-state index in [4.69, 9.17) is 5.11 Å². The second-order valence-electron chi connectivity index (χ2n) is 13.7. The quantitative estimate of drug-likeness (QED) is 0.135. The number of ketones is 1. The number of hydrogen-bond acceptors (Lipinski definition) is 8. The number of aliphatic carboxylic acids is 1. The Balaban J connectivity index is -0.000000367. The van der Waals surface area contributed by atoms with E-state index < -0.39 is 5.97 Å². The highest BCUT2D eigenvalue weighted by Gasteiger charge is 2.21. The smallest absolute Gasteiger partial charge is 0.317 e. The maximum atomic E-state index is 10.8. The number of unbranched alkanes of at least 4 members (excludes halogenated alkanes) is 1. The molecule has 9 nitrogen and oxygen atoms in total. The molecule has 0 bridgehead atoms. The highest BCUT2D eigenvalue weighted by atomic mass is 16.4. The Morgan fingerprint density at radius 2 is 1.49 bits per heavy atom. The van der Waals surface area contributed by atoms with E-state index in [-0.39, 0.29) is 12.5 Å². The molecule has 0 spiro atoms. The predicted octanol–water partition coefficient (Wildman–Crippen LogP) is 10.3. The normalized spacial score (nSPS) is 14.5. The Labute approximate surface area is 329 Å². The van der Waals surface area contributed by atoms with E-state index in [1.54, 1.807) is 6.92 Å². The standard InChI is InChI=1S/C19H29N5O2.C9H19NO.2C4H10.C4H8.2C2H6/c1-20-18-12-16(24-10-6-21-7-11-24)2-3-17(18)22-13-15-4-8-23(9-5-15)14-19(25)26;1-5-10(4)7-6-8(2)9(3)11;1-4(2)3;2*1-3-4-2;2*1-2/h2-3,12,15,21-22H,1,4-11,13-14H2,(H,25,26);8H,5-7H2,1-4H3;4H,1-3H3;3-4H2,1-2H3;3-4H,1-2H3;2*1-2H3/b;;;;4-3-;;. The van der Waals surface area contributed by atoms with Crippen molar-refractivity contribution < 1.29 is 14.7 Å². The van der Waals surface area contributed by atoms with Gasteiger partial charge in [0, 0.05) is 44.3 Å². The van der Waals surface area contributed by atoms with Crippen LogP contribution in [0.1, 0.15) is 129 Å². The van der Waals surface area contributed by atoms with Crippen molar-refractivity contribution in [3.05, 3.63) is 30.4 Å². The number of anilines is 2. The van der Waals surface area contributed by atoms with Gasteiger partial charge in [-0.05, 0) is 110 Å². The lowest BCUT2D eigenvalue weighted by atomic mass is 9.96. The van der Waals surface area contributed by atoms with Crippen LogP contribution in [0.3, 0.4) is 0 Å². The van der Waals surface area contributed by atoms with Gasteiger partial charge in [0.05, 0.1) is 17.9 Å². The van der Waals surface area contributed by atoms with Crippen LogP contribution in [-0.2, 0) is 9.59 Å². The Hall–Kier alpha value is -2.75. The number of nitrogens with one attached hydrogen (secondary N) is 2. The molecule has 9 heteroatoms. The van der Waals surface area contributed by atoms with Crippen molar-refractivity contribution in [1.29, 1.82) is 0 Å².